The standard InChI is InChI=1S/C10H21N3O2S/c11-9(14)4-2-1-3-8-7-13-10(15)12-5-6-16-8/h8,10,12-13,15H,1-7H2,(H2,11,14). The molecule has 2 unspecified atom stereocenters. The van der Waals surface area contributed by atoms with Crippen LogP contribution in [-0.2, 0) is 4.79 Å². The normalized spacial score (nSPS) is 27.1. The molecule has 1 fully saturated rings. The summed E-state index contributed by atoms with van der Waals surface area (Å²) in [5.41, 5.74) is 5.08. The maximum absolute atomic E-state index is 10.6. The second-order valence-corrected chi connectivity index (χ2v) is 5.38. The third kappa shape index (κ3) is 6.32. The summed E-state index contributed by atoms with van der Waals surface area (Å²) in [6.07, 6.45) is 2.85. The van der Waals surface area contributed by atoms with Gasteiger partial charge in [0.1, 0.15) is 0 Å². The number of rotatable bonds is 5. The van der Waals surface area contributed by atoms with Gasteiger partial charge in [0.15, 0.2) is 6.35 Å². The topological polar surface area (TPSA) is 87.4 Å². The van der Waals surface area contributed by atoms with Crippen LogP contribution in [0.1, 0.15) is 25.7 Å². The molecule has 6 heteroatoms. The molecule has 1 rings (SSSR count). The fourth-order valence-electron chi connectivity index (χ4n) is 1.65. The highest BCUT2D eigenvalue weighted by Crippen LogP contribution is 2.17. The van der Waals surface area contributed by atoms with Gasteiger partial charge >= 0.3 is 0 Å². The van der Waals surface area contributed by atoms with Gasteiger partial charge in [-0.3, -0.25) is 15.4 Å². The van der Waals surface area contributed by atoms with E-state index in [0.29, 0.717) is 11.7 Å². The monoisotopic (exact) mass is 247 g/mol. The van der Waals surface area contributed by atoms with E-state index in [9.17, 15) is 9.90 Å². The number of carbonyl (C=O) groups excluding carboxylic acids is 1. The van der Waals surface area contributed by atoms with E-state index in [4.69, 9.17) is 5.73 Å². The summed E-state index contributed by atoms with van der Waals surface area (Å²) in [6.45, 7) is 1.62. The average Bonchev–Trinajstić information content (AvgIpc) is 2.21. The van der Waals surface area contributed by atoms with Crippen molar-refractivity contribution in [3.63, 3.8) is 0 Å². The molecule has 94 valence electrons. The molecule has 1 saturated heterocycles. The molecule has 1 aliphatic heterocycles. The summed E-state index contributed by atoms with van der Waals surface area (Å²) in [7, 11) is 0. The molecule has 1 amide bonds. The molecule has 1 aliphatic rings. The Morgan fingerprint density at radius 1 is 1.44 bits per heavy atom. The molecule has 0 radical (unpaired) electrons. The number of carbonyl (C=O) groups is 1. The number of thioether (sulfide) groups is 1. The van der Waals surface area contributed by atoms with Crippen LogP contribution in [0.25, 0.3) is 0 Å². The second-order valence-electron chi connectivity index (χ2n) is 3.97. The van der Waals surface area contributed by atoms with Gasteiger partial charge in [0, 0.05) is 30.5 Å². The highest BCUT2D eigenvalue weighted by molar-refractivity contribution is 7.99. The predicted molar refractivity (Wildman–Crippen MR) is 65.9 cm³/mol. The van der Waals surface area contributed by atoms with Gasteiger partial charge in [0.05, 0.1) is 0 Å². The highest BCUT2D eigenvalue weighted by Gasteiger charge is 2.14. The summed E-state index contributed by atoms with van der Waals surface area (Å²) < 4.78 is 0. The molecule has 5 nitrogen and oxygen atoms in total. The minimum atomic E-state index is -0.589. The Balaban J connectivity index is 2.11. The first-order valence-corrected chi connectivity index (χ1v) is 6.78. The van der Waals surface area contributed by atoms with E-state index in [1.54, 1.807) is 0 Å². The van der Waals surface area contributed by atoms with Crippen LogP contribution in [0.3, 0.4) is 0 Å². The van der Waals surface area contributed by atoms with Crippen molar-refractivity contribution in [1.82, 2.24) is 10.6 Å². The Morgan fingerprint density at radius 3 is 3.00 bits per heavy atom. The van der Waals surface area contributed by atoms with Gasteiger partial charge in [-0.25, -0.2) is 0 Å². The molecule has 0 saturated carbocycles. The Bertz CT molecular complexity index is 216. The number of hydrogen-bond donors (Lipinski definition) is 4. The van der Waals surface area contributed by atoms with Crippen LogP contribution in [0.2, 0.25) is 0 Å². The smallest absolute Gasteiger partial charge is 0.217 e. The van der Waals surface area contributed by atoms with Crippen LogP contribution in [0.5, 0.6) is 0 Å². The number of aliphatic hydroxyl groups excluding tert-OH is 1. The van der Waals surface area contributed by atoms with E-state index < -0.39 is 6.35 Å². The Labute approximate surface area is 101 Å². The van der Waals surface area contributed by atoms with Crippen LogP contribution in [0.15, 0.2) is 0 Å². The van der Waals surface area contributed by atoms with E-state index in [1.165, 1.54) is 0 Å². The second kappa shape index (κ2) is 7.89. The number of primary amides is 1. The molecule has 0 aliphatic carbocycles. The maximum atomic E-state index is 10.6. The van der Waals surface area contributed by atoms with Crippen molar-refractivity contribution >= 4 is 17.7 Å². The first-order valence-electron chi connectivity index (χ1n) is 5.73. The van der Waals surface area contributed by atoms with Crippen molar-refractivity contribution in [3.05, 3.63) is 0 Å². The number of amides is 1. The number of hydrogen-bond acceptors (Lipinski definition) is 5. The van der Waals surface area contributed by atoms with Crippen molar-refractivity contribution in [1.29, 1.82) is 0 Å². The molecule has 16 heavy (non-hydrogen) atoms. The summed E-state index contributed by atoms with van der Waals surface area (Å²) in [4.78, 5) is 10.6. The minimum Gasteiger partial charge on any atom is -0.370 e. The minimum absolute atomic E-state index is 0.219. The molecule has 0 aromatic heterocycles. The van der Waals surface area contributed by atoms with Crippen molar-refractivity contribution < 1.29 is 9.90 Å². The van der Waals surface area contributed by atoms with E-state index in [0.717, 1.165) is 38.1 Å². The summed E-state index contributed by atoms with van der Waals surface area (Å²) in [5, 5.41) is 15.9. The van der Waals surface area contributed by atoms with Crippen LogP contribution in [0, 0.1) is 0 Å². The number of nitrogens with one attached hydrogen (secondary N) is 2. The lowest BCUT2D eigenvalue weighted by Crippen LogP contribution is -2.47. The van der Waals surface area contributed by atoms with Gasteiger partial charge in [-0.2, -0.15) is 11.8 Å². The zero-order chi connectivity index (χ0) is 11.8. The molecule has 0 bridgehead atoms. The summed E-state index contributed by atoms with van der Waals surface area (Å²) in [6, 6.07) is 0. The zero-order valence-electron chi connectivity index (χ0n) is 9.45. The van der Waals surface area contributed by atoms with Crippen molar-refractivity contribution in [3.8, 4) is 0 Å². The molecule has 1 heterocycles. The van der Waals surface area contributed by atoms with Crippen molar-refractivity contribution in [2.75, 3.05) is 18.8 Å². The lowest BCUT2D eigenvalue weighted by atomic mass is 10.1. The molecular weight excluding hydrogens is 226 g/mol. The summed E-state index contributed by atoms with van der Waals surface area (Å²) in [5.74, 6) is 0.794. The molecular formula is C10H21N3O2S. The van der Waals surface area contributed by atoms with Gasteiger partial charge in [-0.1, -0.05) is 6.42 Å². The molecule has 0 aromatic carbocycles. The quantitative estimate of drug-likeness (QED) is 0.497. The Morgan fingerprint density at radius 2 is 2.25 bits per heavy atom. The number of aliphatic hydroxyl groups is 1. The molecule has 0 aromatic rings. The maximum Gasteiger partial charge on any atom is 0.217 e. The molecule has 5 N–H and O–H groups in total. The number of unbranched alkanes of at least 4 members (excludes halogenated alkanes) is 1. The zero-order valence-corrected chi connectivity index (χ0v) is 10.3. The van der Waals surface area contributed by atoms with Crippen LogP contribution in [0.4, 0.5) is 0 Å². The lowest BCUT2D eigenvalue weighted by molar-refractivity contribution is -0.118. The largest absolute Gasteiger partial charge is 0.370 e. The Kier molecular flexibility index (Phi) is 6.79. The predicted octanol–water partition coefficient (Wildman–Crippen LogP) is -0.397. The van der Waals surface area contributed by atoms with Gasteiger partial charge in [-0.05, 0) is 12.8 Å². The van der Waals surface area contributed by atoms with Crippen molar-refractivity contribution in [2.24, 2.45) is 5.73 Å². The fraction of sp³-hybridized carbons (Fsp3) is 0.900. The van der Waals surface area contributed by atoms with E-state index >= 15 is 0 Å². The SMILES string of the molecule is NC(=O)CCCCC1CNC(O)NCCS1. The van der Waals surface area contributed by atoms with Crippen molar-refractivity contribution in [2.45, 2.75) is 37.3 Å². The summed E-state index contributed by atoms with van der Waals surface area (Å²) >= 11 is 1.91. The molecule has 0 spiro atoms. The van der Waals surface area contributed by atoms with Gasteiger partial charge in [0.2, 0.25) is 5.91 Å². The van der Waals surface area contributed by atoms with E-state index in [2.05, 4.69) is 10.6 Å². The first-order chi connectivity index (χ1) is 7.68. The Hall–Kier alpha value is -0.300. The average molecular weight is 247 g/mol. The third-order valence-electron chi connectivity index (χ3n) is 2.53. The van der Waals surface area contributed by atoms with Crippen LogP contribution in [-0.4, -0.2) is 41.5 Å². The third-order valence-corrected chi connectivity index (χ3v) is 3.85. The van der Waals surface area contributed by atoms with Gasteiger partial charge in [-0.15, -0.1) is 0 Å². The lowest BCUT2D eigenvalue weighted by Gasteiger charge is -2.24. The first kappa shape index (κ1) is 13.8. The fourth-order valence-corrected chi connectivity index (χ4v) is 2.77. The van der Waals surface area contributed by atoms with Gasteiger partial charge < -0.3 is 10.8 Å². The molecule has 2 atom stereocenters. The number of nitrogens with two attached hydrogens (primary N) is 1. The van der Waals surface area contributed by atoms with E-state index in [1.807, 2.05) is 11.8 Å². The van der Waals surface area contributed by atoms with E-state index in [-0.39, 0.29) is 5.91 Å². The van der Waals surface area contributed by atoms with Crippen LogP contribution < -0.4 is 16.4 Å². The van der Waals surface area contributed by atoms with Gasteiger partial charge in [0.25, 0.3) is 0 Å². The van der Waals surface area contributed by atoms with Crippen LogP contribution >= 0.6 is 11.8 Å². The highest BCUT2D eigenvalue weighted by atomic mass is 32.2.